The number of ether oxygens (including phenoxy) is 2. The average Bonchev–Trinajstić information content (AvgIpc) is 2.96. The Kier molecular flexibility index (Phi) is 5.64. The summed E-state index contributed by atoms with van der Waals surface area (Å²) in [6, 6.07) is 6.75. The Morgan fingerprint density at radius 1 is 1.04 bits per heavy atom. The molecule has 1 aromatic carbocycles. The number of halogens is 1. The van der Waals surface area contributed by atoms with E-state index in [0.717, 1.165) is 24.9 Å². The third kappa shape index (κ3) is 3.49. The maximum absolute atomic E-state index is 13.5. The van der Waals surface area contributed by atoms with Crippen molar-refractivity contribution in [3.63, 3.8) is 0 Å². The summed E-state index contributed by atoms with van der Waals surface area (Å²) in [7, 11) is 3.47. The first-order chi connectivity index (χ1) is 12.5. The minimum Gasteiger partial charge on any atom is -0.384 e. The fourth-order valence-corrected chi connectivity index (χ4v) is 3.99. The van der Waals surface area contributed by atoms with E-state index < -0.39 is 0 Å². The highest BCUT2D eigenvalue weighted by atomic mass is 19.1. The number of nitrogens with zero attached hydrogens (tertiary/aromatic N) is 1. The molecule has 2 aromatic rings. The first kappa shape index (κ1) is 18.9. The lowest BCUT2D eigenvalue weighted by Crippen LogP contribution is -2.33. The van der Waals surface area contributed by atoms with E-state index in [4.69, 9.17) is 9.47 Å². The van der Waals surface area contributed by atoms with E-state index in [1.54, 1.807) is 14.2 Å². The molecule has 0 saturated heterocycles. The average molecular weight is 357 g/mol. The van der Waals surface area contributed by atoms with Gasteiger partial charge >= 0.3 is 0 Å². The fraction of sp³-hybridized carbons (Fsp3) is 0.455. The monoisotopic (exact) mass is 357 g/mol. The number of hydrogen-bond acceptors (Lipinski definition) is 2. The lowest BCUT2D eigenvalue weighted by Gasteiger charge is -2.28. The van der Waals surface area contributed by atoms with E-state index in [-0.39, 0.29) is 11.2 Å². The number of benzene rings is 1. The highest BCUT2D eigenvalue weighted by Gasteiger charge is 2.30. The van der Waals surface area contributed by atoms with Crippen LogP contribution in [0.15, 0.2) is 24.3 Å². The van der Waals surface area contributed by atoms with Crippen molar-refractivity contribution in [2.45, 2.75) is 38.5 Å². The Morgan fingerprint density at radius 3 is 2.38 bits per heavy atom. The molecule has 0 spiro atoms. The molecular weight excluding hydrogens is 329 g/mol. The van der Waals surface area contributed by atoms with Gasteiger partial charge in [-0.1, -0.05) is 26.0 Å². The zero-order chi connectivity index (χ0) is 18.7. The smallest absolute Gasteiger partial charge is 0.123 e. The van der Waals surface area contributed by atoms with Gasteiger partial charge in [-0.15, -0.1) is 0 Å². The predicted octanol–water partition coefficient (Wildman–Crippen LogP) is 3.08. The second-order valence-corrected chi connectivity index (χ2v) is 7.48. The van der Waals surface area contributed by atoms with Crippen LogP contribution in [-0.4, -0.2) is 32.0 Å². The van der Waals surface area contributed by atoms with E-state index in [2.05, 4.69) is 30.6 Å². The molecule has 0 aliphatic heterocycles. The Morgan fingerprint density at radius 2 is 1.73 bits per heavy atom. The first-order valence-electron chi connectivity index (χ1n) is 9.18. The minimum atomic E-state index is -0.220. The van der Waals surface area contributed by atoms with Crippen LogP contribution in [0.5, 0.6) is 0 Å². The van der Waals surface area contributed by atoms with Gasteiger partial charge in [-0.05, 0) is 54.3 Å². The second-order valence-electron chi connectivity index (χ2n) is 7.48. The molecule has 0 unspecified atom stereocenters. The summed E-state index contributed by atoms with van der Waals surface area (Å²) in [5, 5.41) is 2.49. The zero-order valence-corrected chi connectivity index (χ0v) is 16.1. The van der Waals surface area contributed by atoms with E-state index in [1.807, 2.05) is 12.1 Å². The summed E-state index contributed by atoms with van der Waals surface area (Å²) in [5.74, 6) is -0.220. The van der Waals surface area contributed by atoms with E-state index in [9.17, 15) is 4.39 Å². The van der Waals surface area contributed by atoms with Crippen LogP contribution in [0, 0.1) is 5.82 Å². The van der Waals surface area contributed by atoms with Crippen LogP contribution in [0.2, 0.25) is 0 Å². The summed E-state index contributed by atoms with van der Waals surface area (Å²) in [4.78, 5) is 0. The van der Waals surface area contributed by atoms with Crippen LogP contribution in [0.3, 0.4) is 0 Å². The van der Waals surface area contributed by atoms with Gasteiger partial charge in [0.2, 0.25) is 0 Å². The van der Waals surface area contributed by atoms with E-state index >= 15 is 0 Å². The van der Waals surface area contributed by atoms with Gasteiger partial charge in [0.1, 0.15) is 5.82 Å². The molecule has 1 aliphatic carbocycles. The van der Waals surface area contributed by atoms with Gasteiger partial charge in [0.15, 0.2) is 0 Å². The third-order valence-corrected chi connectivity index (χ3v) is 4.99. The van der Waals surface area contributed by atoms with Crippen LogP contribution in [0.25, 0.3) is 17.8 Å². The van der Waals surface area contributed by atoms with Gasteiger partial charge in [0.05, 0.1) is 13.2 Å². The van der Waals surface area contributed by atoms with Crippen molar-refractivity contribution in [2.75, 3.05) is 27.4 Å². The van der Waals surface area contributed by atoms with Gasteiger partial charge < -0.3 is 14.0 Å². The van der Waals surface area contributed by atoms with Gasteiger partial charge in [0.25, 0.3) is 0 Å². The number of rotatable bonds is 7. The Hall–Kier alpha value is -1.91. The lowest BCUT2D eigenvalue weighted by molar-refractivity contribution is 0.142. The van der Waals surface area contributed by atoms with Gasteiger partial charge in [-0.2, -0.15) is 0 Å². The molecule has 3 nitrogen and oxygen atoms in total. The minimum absolute atomic E-state index is 0.189. The molecular formula is C22H28FNO2. The molecule has 0 fully saturated rings. The predicted molar refractivity (Wildman–Crippen MR) is 104 cm³/mol. The third-order valence-electron chi connectivity index (χ3n) is 4.99. The number of hydrogen-bond donors (Lipinski definition) is 0. The maximum Gasteiger partial charge on any atom is 0.123 e. The molecule has 140 valence electrons. The highest BCUT2D eigenvalue weighted by molar-refractivity contribution is 5.50. The van der Waals surface area contributed by atoms with Crippen molar-refractivity contribution >= 4 is 12.2 Å². The summed E-state index contributed by atoms with van der Waals surface area (Å²) in [6.45, 7) is 5.68. The largest absolute Gasteiger partial charge is 0.384 e. The van der Waals surface area contributed by atoms with Crippen molar-refractivity contribution in [2.24, 2.45) is 0 Å². The number of aromatic nitrogens is 1. The molecule has 1 aromatic heterocycles. The Balaban J connectivity index is 2.34. The highest BCUT2D eigenvalue weighted by Crippen LogP contribution is 2.28. The van der Waals surface area contributed by atoms with E-state index in [1.165, 1.54) is 34.0 Å². The molecule has 0 atom stereocenters. The van der Waals surface area contributed by atoms with Crippen LogP contribution in [0.4, 0.5) is 4.39 Å². The molecule has 26 heavy (non-hydrogen) atoms. The molecule has 0 bridgehead atoms. The van der Waals surface area contributed by atoms with Crippen molar-refractivity contribution in [3.05, 3.63) is 51.9 Å². The van der Waals surface area contributed by atoms with Crippen LogP contribution in [0.1, 0.15) is 37.9 Å². The first-order valence-corrected chi connectivity index (χ1v) is 9.18. The van der Waals surface area contributed by atoms with Crippen molar-refractivity contribution in [1.29, 1.82) is 0 Å². The van der Waals surface area contributed by atoms with E-state index in [0.29, 0.717) is 13.2 Å². The summed E-state index contributed by atoms with van der Waals surface area (Å²) >= 11 is 0. The maximum atomic E-state index is 13.5. The summed E-state index contributed by atoms with van der Waals surface area (Å²) in [6.07, 6.45) is 7.53. The Labute approximate surface area is 154 Å². The lowest BCUT2D eigenvalue weighted by atomic mass is 9.86. The summed E-state index contributed by atoms with van der Waals surface area (Å²) in [5.41, 5.74) is 3.33. The number of methoxy groups -OCH3 is 2. The van der Waals surface area contributed by atoms with Crippen LogP contribution >= 0.6 is 0 Å². The second kappa shape index (κ2) is 7.77. The van der Waals surface area contributed by atoms with Crippen LogP contribution in [-0.2, 0) is 21.3 Å². The quantitative estimate of drug-likeness (QED) is 0.760. The van der Waals surface area contributed by atoms with Gasteiger partial charge in [-0.25, -0.2) is 4.39 Å². The SMILES string of the molecule is COCCc1c(C(C)(C)COC)n(-c2ccc(F)cc2)c2c1=CCCC=2. The summed E-state index contributed by atoms with van der Waals surface area (Å²) < 4.78 is 26.7. The molecule has 0 saturated carbocycles. The topological polar surface area (TPSA) is 23.4 Å². The molecule has 0 amide bonds. The van der Waals surface area contributed by atoms with Crippen molar-refractivity contribution in [3.8, 4) is 5.69 Å². The Bertz CT molecular complexity index is 878. The zero-order valence-electron chi connectivity index (χ0n) is 16.1. The van der Waals surface area contributed by atoms with Crippen molar-refractivity contribution in [1.82, 2.24) is 4.57 Å². The van der Waals surface area contributed by atoms with Gasteiger partial charge in [0, 0.05) is 36.4 Å². The molecule has 4 heteroatoms. The molecule has 0 radical (unpaired) electrons. The standard InChI is InChI=1S/C22H28FNO2/c1-22(2,15-26-4)21-19(13-14-25-3)18-7-5-6-8-20(18)24(21)17-11-9-16(23)10-12-17/h7-12H,5-6,13-15H2,1-4H3. The van der Waals surface area contributed by atoms with Gasteiger partial charge in [-0.3, -0.25) is 0 Å². The molecule has 1 heterocycles. The molecule has 1 aliphatic rings. The molecule has 0 N–H and O–H groups in total. The normalized spacial score (nSPS) is 13.9. The number of fused-ring (bicyclic) bond motifs is 1. The van der Waals surface area contributed by atoms with Crippen molar-refractivity contribution < 1.29 is 13.9 Å². The van der Waals surface area contributed by atoms with Crippen LogP contribution < -0.4 is 10.6 Å². The molecule has 3 rings (SSSR count). The fourth-order valence-electron chi connectivity index (χ4n) is 3.99.